The number of nitrogens with zero attached hydrogens (tertiary/aromatic N) is 2. The fourth-order valence-corrected chi connectivity index (χ4v) is 3.54. The highest BCUT2D eigenvalue weighted by Gasteiger charge is 2.34. The number of carbonyl (C=O) groups is 1. The van der Waals surface area contributed by atoms with E-state index < -0.39 is 5.60 Å². The van der Waals surface area contributed by atoms with Crippen LogP contribution in [0.15, 0.2) is 24.3 Å². The van der Waals surface area contributed by atoms with Crippen molar-refractivity contribution in [2.24, 2.45) is 0 Å². The Morgan fingerprint density at radius 3 is 2.74 bits per heavy atom. The van der Waals surface area contributed by atoms with Crippen LogP contribution in [0.1, 0.15) is 38.7 Å². The molecule has 1 unspecified atom stereocenters. The largest absolute Gasteiger partial charge is 0.444 e. The van der Waals surface area contributed by atoms with Crippen LogP contribution in [-0.4, -0.2) is 40.7 Å². The van der Waals surface area contributed by atoms with Gasteiger partial charge in [0.15, 0.2) is 0 Å². The van der Waals surface area contributed by atoms with Gasteiger partial charge in [0.1, 0.15) is 10.6 Å². The molecule has 0 bridgehead atoms. The Morgan fingerprint density at radius 1 is 1.39 bits per heavy atom. The first kappa shape index (κ1) is 16.2. The zero-order chi connectivity index (χ0) is 16.6. The number of rotatable bonds is 3. The van der Waals surface area contributed by atoms with Crippen molar-refractivity contribution in [1.82, 2.24) is 15.2 Å². The predicted octanol–water partition coefficient (Wildman–Crippen LogP) is 3.57. The van der Waals surface area contributed by atoms with Crippen LogP contribution in [0.25, 0.3) is 10.2 Å². The summed E-state index contributed by atoms with van der Waals surface area (Å²) in [5, 5.41) is 4.62. The standard InChI is InChI=1S/C17H23N3O2S/c1-11(15-19-13-7-5-6-8-14(13)23-15)18-12-9-20(10-12)16(21)22-17(2,3)4/h5-8,11-12,18H,9-10H2,1-4H3. The van der Waals surface area contributed by atoms with E-state index in [1.165, 1.54) is 4.70 Å². The third-order valence-electron chi connectivity index (χ3n) is 3.70. The summed E-state index contributed by atoms with van der Waals surface area (Å²) >= 11 is 1.72. The van der Waals surface area contributed by atoms with Gasteiger partial charge < -0.3 is 15.0 Å². The minimum atomic E-state index is -0.441. The van der Waals surface area contributed by atoms with Gasteiger partial charge in [-0.1, -0.05) is 12.1 Å². The average molecular weight is 333 g/mol. The molecule has 3 rings (SSSR count). The molecule has 0 aliphatic carbocycles. The van der Waals surface area contributed by atoms with E-state index in [1.807, 2.05) is 39.0 Å². The molecule has 5 nitrogen and oxygen atoms in total. The molecule has 1 aromatic carbocycles. The maximum absolute atomic E-state index is 11.9. The molecule has 6 heteroatoms. The highest BCUT2D eigenvalue weighted by atomic mass is 32.1. The number of hydrogen-bond acceptors (Lipinski definition) is 5. The number of amides is 1. The first-order chi connectivity index (χ1) is 10.8. The number of likely N-dealkylation sites (tertiary alicyclic amines) is 1. The molecule has 124 valence electrons. The molecule has 1 saturated heterocycles. The second-order valence-corrected chi connectivity index (χ2v) is 8.05. The van der Waals surface area contributed by atoms with Crippen molar-refractivity contribution < 1.29 is 9.53 Å². The van der Waals surface area contributed by atoms with Crippen LogP contribution >= 0.6 is 11.3 Å². The highest BCUT2D eigenvalue weighted by Crippen LogP contribution is 2.27. The molecule has 1 N–H and O–H groups in total. The second kappa shape index (κ2) is 6.09. The first-order valence-corrected chi connectivity index (χ1v) is 8.73. The molecule has 1 fully saturated rings. The Morgan fingerprint density at radius 2 is 2.09 bits per heavy atom. The van der Waals surface area contributed by atoms with Gasteiger partial charge in [0.05, 0.1) is 16.3 Å². The maximum Gasteiger partial charge on any atom is 0.410 e. The van der Waals surface area contributed by atoms with Gasteiger partial charge in [-0.2, -0.15) is 0 Å². The number of ether oxygens (including phenoxy) is 1. The van der Waals surface area contributed by atoms with Crippen molar-refractivity contribution in [1.29, 1.82) is 0 Å². The summed E-state index contributed by atoms with van der Waals surface area (Å²) < 4.78 is 6.58. The van der Waals surface area contributed by atoms with E-state index in [1.54, 1.807) is 16.2 Å². The van der Waals surface area contributed by atoms with Crippen molar-refractivity contribution in [3.8, 4) is 0 Å². The van der Waals surface area contributed by atoms with Gasteiger partial charge >= 0.3 is 6.09 Å². The molecular weight excluding hydrogens is 310 g/mol. The van der Waals surface area contributed by atoms with E-state index in [0.717, 1.165) is 10.5 Å². The molecule has 1 amide bonds. The average Bonchev–Trinajstić information content (AvgIpc) is 2.83. The maximum atomic E-state index is 11.9. The van der Waals surface area contributed by atoms with E-state index >= 15 is 0 Å². The Balaban J connectivity index is 1.52. The molecule has 0 spiro atoms. The third kappa shape index (κ3) is 3.82. The number of para-hydroxylation sites is 1. The molecule has 2 aromatic rings. The summed E-state index contributed by atoms with van der Waals surface area (Å²) in [7, 11) is 0. The minimum Gasteiger partial charge on any atom is -0.444 e. The minimum absolute atomic E-state index is 0.179. The lowest BCUT2D eigenvalue weighted by Gasteiger charge is -2.41. The van der Waals surface area contributed by atoms with Crippen LogP contribution < -0.4 is 5.32 Å². The molecule has 1 aliphatic heterocycles. The van der Waals surface area contributed by atoms with Gasteiger partial charge in [-0.05, 0) is 39.8 Å². The fourth-order valence-electron chi connectivity index (χ4n) is 2.56. The summed E-state index contributed by atoms with van der Waals surface area (Å²) in [6.07, 6.45) is -0.233. The molecular formula is C17H23N3O2S. The zero-order valence-electron chi connectivity index (χ0n) is 14.0. The Kier molecular flexibility index (Phi) is 4.29. The summed E-state index contributed by atoms with van der Waals surface area (Å²) in [6.45, 7) is 9.14. The molecule has 23 heavy (non-hydrogen) atoms. The highest BCUT2D eigenvalue weighted by molar-refractivity contribution is 7.18. The lowest BCUT2D eigenvalue weighted by Crippen LogP contribution is -2.60. The van der Waals surface area contributed by atoms with Crippen molar-refractivity contribution in [3.63, 3.8) is 0 Å². The number of fused-ring (bicyclic) bond motifs is 1. The van der Waals surface area contributed by atoms with Crippen LogP contribution in [0.3, 0.4) is 0 Å². The molecule has 2 heterocycles. The van der Waals surface area contributed by atoms with Gasteiger partial charge in [-0.3, -0.25) is 0 Å². The molecule has 1 atom stereocenters. The van der Waals surface area contributed by atoms with E-state index in [4.69, 9.17) is 4.74 Å². The smallest absolute Gasteiger partial charge is 0.410 e. The number of hydrogen-bond donors (Lipinski definition) is 1. The fraction of sp³-hybridized carbons (Fsp3) is 0.529. The van der Waals surface area contributed by atoms with E-state index in [9.17, 15) is 4.79 Å². The monoisotopic (exact) mass is 333 g/mol. The third-order valence-corrected chi connectivity index (χ3v) is 4.92. The van der Waals surface area contributed by atoms with Crippen LogP contribution in [0.4, 0.5) is 4.79 Å². The van der Waals surface area contributed by atoms with Crippen molar-refractivity contribution in [2.75, 3.05) is 13.1 Å². The lowest BCUT2D eigenvalue weighted by molar-refractivity contribution is 0.00434. The second-order valence-electron chi connectivity index (χ2n) is 6.99. The van der Waals surface area contributed by atoms with E-state index in [2.05, 4.69) is 23.3 Å². The summed E-state index contributed by atoms with van der Waals surface area (Å²) in [4.78, 5) is 18.3. The topological polar surface area (TPSA) is 54.5 Å². The van der Waals surface area contributed by atoms with Crippen LogP contribution in [-0.2, 0) is 4.74 Å². The number of benzene rings is 1. The van der Waals surface area contributed by atoms with Gasteiger partial charge in [0, 0.05) is 19.1 Å². The summed E-state index contributed by atoms with van der Waals surface area (Å²) in [5.41, 5.74) is 0.606. The Bertz CT molecular complexity index is 668. The predicted molar refractivity (Wildman–Crippen MR) is 92.8 cm³/mol. The summed E-state index contributed by atoms with van der Waals surface area (Å²) in [5.74, 6) is 0. The van der Waals surface area contributed by atoms with E-state index in [-0.39, 0.29) is 12.1 Å². The molecule has 0 saturated carbocycles. The zero-order valence-corrected chi connectivity index (χ0v) is 14.8. The normalized spacial score (nSPS) is 17.1. The number of thiazole rings is 1. The van der Waals surface area contributed by atoms with Crippen molar-refractivity contribution >= 4 is 27.6 Å². The van der Waals surface area contributed by atoms with Gasteiger partial charge in [-0.15, -0.1) is 11.3 Å². The van der Waals surface area contributed by atoms with Crippen LogP contribution in [0.2, 0.25) is 0 Å². The van der Waals surface area contributed by atoms with Crippen molar-refractivity contribution in [3.05, 3.63) is 29.3 Å². The quantitative estimate of drug-likeness (QED) is 0.933. The molecule has 0 radical (unpaired) electrons. The number of carbonyl (C=O) groups excluding carboxylic acids is 1. The number of aromatic nitrogens is 1. The van der Waals surface area contributed by atoms with E-state index in [0.29, 0.717) is 19.1 Å². The lowest BCUT2D eigenvalue weighted by atomic mass is 10.1. The Labute approximate surface area is 140 Å². The summed E-state index contributed by atoms with van der Waals surface area (Å²) in [6, 6.07) is 8.65. The number of nitrogens with one attached hydrogen (secondary N) is 1. The van der Waals surface area contributed by atoms with Gasteiger partial charge in [-0.25, -0.2) is 9.78 Å². The van der Waals surface area contributed by atoms with Crippen LogP contribution in [0, 0.1) is 0 Å². The van der Waals surface area contributed by atoms with Crippen molar-refractivity contribution in [2.45, 2.75) is 45.4 Å². The van der Waals surface area contributed by atoms with Crippen LogP contribution in [0.5, 0.6) is 0 Å². The molecule has 1 aliphatic rings. The Hall–Kier alpha value is -1.66. The SMILES string of the molecule is CC(NC1CN(C(=O)OC(C)(C)C)C1)c1nc2ccccc2s1. The first-order valence-electron chi connectivity index (χ1n) is 7.91. The molecule has 1 aromatic heterocycles. The van der Waals surface area contributed by atoms with Gasteiger partial charge in [0.2, 0.25) is 0 Å². The van der Waals surface area contributed by atoms with Gasteiger partial charge in [0.25, 0.3) is 0 Å².